The van der Waals surface area contributed by atoms with Crippen molar-refractivity contribution in [2.45, 2.75) is 38.9 Å². The van der Waals surface area contributed by atoms with Crippen LogP contribution >= 0.6 is 0 Å². The topological polar surface area (TPSA) is 44.2 Å². The summed E-state index contributed by atoms with van der Waals surface area (Å²) in [7, 11) is -0.491. The highest BCUT2D eigenvalue weighted by Crippen LogP contribution is 2.37. The molecule has 0 N–H and O–H groups in total. The number of hydrogen-bond donors (Lipinski definition) is 0. The lowest BCUT2D eigenvalue weighted by Crippen LogP contribution is -2.41. The van der Waals surface area contributed by atoms with E-state index in [1.165, 1.54) is 0 Å². The summed E-state index contributed by atoms with van der Waals surface area (Å²) >= 11 is 0. The lowest BCUT2D eigenvalue weighted by molar-refractivity contribution is 0.00578. The lowest BCUT2D eigenvalue weighted by atomic mass is 9.78. The SMILES string of the molecule is CC1(C)OB(c2cccc3nc(-c4ccccc4)c(-c4ccccc4)nc23)OC1(C)C. The Bertz CT molecular complexity index is 1220. The van der Waals surface area contributed by atoms with Gasteiger partial charge in [0.05, 0.1) is 33.6 Å². The van der Waals surface area contributed by atoms with Crippen LogP contribution in [0.2, 0.25) is 0 Å². The van der Waals surface area contributed by atoms with Crippen molar-refractivity contribution in [1.82, 2.24) is 9.97 Å². The maximum atomic E-state index is 6.33. The zero-order valence-corrected chi connectivity index (χ0v) is 18.3. The molecule has 0 bridgehead atoms. The number of aromatic nitrogens is 2. The Morgan fingerprint density at radius 2 is 1.13 bits per heavy atom. The Morgan fingerprint density at radius 3 is 1.68 bits per heavy atom. The molecule has 3 aromatic carbocycles. The Labute approximate surface area is 183 Å². The van der Waals surface area contributed by atoms with Gasteiger partial charge in [-0.3, -0.25) is 0 Å². The zero-order chi connectivity index (χ0) is 21.6. The molecular formula is C26H25BN2O2. The van der Waals surface area contributed by atoms with E-state index in [4.69, 9.17) is 19.3 Å². The molecule has 0 aliphatic carbocycles. The molecule has 0 radical (unpaired) electrons. The van der Waals surface area contributed by atoms with E-state index < -0.39 is 18.3 Å². The third kappa shape index (κ3) is 3.44. The Morgan fingerprint density at radius 1 is 0.613 bits per heavy atom. The predicted molar refractivity (Wildman–Crippen MR) is 126 cm³/mol. The largest absolute Gasteiger partial charge is 0.497 e. The van der Waals surface area contributed by atoms with Crippen LogP contribution in [-0.4, -0.2) is 28.3 Å². The third-order valence-corrected chi connectivity index (χ3v) is 6.33. The van der Waals surface area contributed by atoms with E-state index in [0.717, 1.165) is 39.0 Å². The quantitative estimate of drug-likeness (QED) is 0.434. The smallest absolute Gasteiger partial charge is 0.399 e. The monoisotopic (exact) mass is 408 g/mol. The Balaban J connectivity index is 1.73. The van der Waals surface area contributed by atoms with Gasteiger partial charge in [0.2, 0.25) is 0 Å². The van der Waals surface area contributed by atoms with Crippen LogP contribution in [0.1, 0.15) is 27.7 Å². The van der Waals surface area contributed by atoms with Gasteiger partial charge >= 0.3 is 7.12 Å². The number of hydrogen-bond acceptors (Lipinski definition) is 4. The molecule has 0 unspecified atom stereocenters. The van der Waals surface area contributed by atoms with Crippen molar-refractivity contribution in [1.29, 1.82) is 0 Å². The fourth-order valence-electron chi connectivity index (χ4n) is 3.85. The summed E-state index contributed by atoms with van der Waals surface area (Å²) in [6.07, 6.45) is 0. The van der Waals surface area contributed by atoms with Crippen LogP contribution in [0.5, 0.6) is 0 Å². The number of rotatable bonds is 3. The molecule has 1 aliphatic heterocycles. The van der Waals surface area contributed by atoms with E-state index >= 15 is 0 Å². The van der Waals surface area contributed by atoms with Crippen LogP contribution in [0, 0.1) is 0 Å². The molecule has 2 heterocycles. The highest BCUT2D eigenvalue weighted by molar-refractivity contribution is 6.64. The van der Waals surface area contributed by atoms with E-state index in [0.29, 0.717) is 0 Å². The summed E-state index contributed by atoms with van der Waals surface area (Å²) in [6, 6.07) is 26.4. The van der Waals surface area contributed by atoms with Gasteiger partial charge in [-0.25, -0.2) is 9.97 Å². The number of benzene rings is 3. The molecule has 4 aromatic rings. The fourth-order valence-corrected chi connectivity index (χ4v) is 3.85. The molecule has 31 heavy (non-hydrogen) atoms. The summed E-state index contributed by atoms with van der Waals surface area (Å²) in [4.78, 5) is 10.2. The van der Waals surface area contributed by atoms with Crippen LogP contribution in [0.15, 0.2) is 78.9 Å². The Hall–Kier alpha value is -3.02. The van der Waals surface area contributed by atoms with Crippen LogP contribution < -0.4 is 5.46 Å². The molecule has 0 saturated carbocycles. The number of fused-ring (bicyclic) bond motifs is 1. The molecule has 0 atom stereocenters. The second kappa shape index (κ2) is 7.29. The standard InChI is InChI=1S/C26H25BN2O2/c1-25(2)26(3,4)31-27(30-25)20-16-11-17-21-24(20)29-23(19-14-9-6-10-15-19)22(28-21)18-12-7-5-8-13-18/h5-17H,1-4H3. The van der Waals surface area contributed by atoms with Crippen molar-refractivity contribution in [2.24, 2.45) is 0 Å². The summed E-state index contributed by atoms with van der Waals surface area (Å²) in [5.74, 6) is 0. The van der Waals surface area contributed by atoms with Gasteiger partial charge in [0.1, 0.15) is 0 Å². The average molecular weight is 408 g/mol. The molecule has 5 rings (SSSR count). The lowest BCUT2D eigenvalue weighted by Gasteiger charge is -2.32. The van der Waals surface area contributed by atoms with E-state index in [2.05, 4.69) is 52.0 Å². The molecule has 5 heteroatoms. The summed E-state index contributed by atoms with van der Waals surface area (Å²) < 4.78 is 12.7. The van der Waals surface area contributed by atoms with Crippen molar-refractivity contribution in [3.8, 4) is 22.5 Å². The van der Waals surface area contributed by atoms with Gasteiger partial charge in [-0.2, -0.15) is 0 Å². The van der Waals surface area contributed by atoms with Gasteiger partial charge in [0, 0.05) is 16.6 Å². The van der Waals surface area contributed by atoms with Gasteiger partial charge in [-0.15, -0.1) is 0 Å². The van der Waals surface area contributed by atoms with Gasteiger partial charge < -0.3 is 9.31 Å². The minimum atomic E-state index is -0.491. The minimum absolute atomic E-state index is 0.417. The fraction of sp³-hybridized carbons (Fsp3) is 0.231. The van der Waals surface area contributed by atoms with E-state index in [1.807, 2.05) is 54.6 Å². The summed E-state index contributed by atoms with van der Waals surface area (Å²) in [5.41, 5.74) is 5.48. The maximum absolute atomic E-state index is 6.33. The van der Waals surface area contributed by atoms with Crippen molar-refractivity contribution in [3.63, 3.8) is 0 Å². The van der Waals surface area contributed by atoms with Crippen LogP contribution in [-0.2, 0) is 9.31 Å². The second-order valence-corrected chi connectivity index (χ2v) is 8.96. The Kier molecular flexibility index (Phi) is 4.69. The van der Waals surface area contributed by atoms with Gasteiger partial charge in [0.15, 0.2) is 0 Å². The number of nitrogens with zero attached hydrogens (tertiary/aromatic N) is 2. The van der Waals surface area contributed by atoms with E-state index in [1.54, 1.807) is 0 Å². The van der Waals surface area contributed by atoms with Gasteiger partial charge in [-0.1, -0.05) is 72.8 Å². The maximum Gasteiger partial charge on any atom is 0.497 e. The van der Waals surface area contributed by atoms with Crippen molar-refractivity contribution < 1.29 is 9.31 Å². The molecule has 1 aromatic heterocycles. The molecule has 0 spiro atoms. The molecule has 1 aliphatic rings. The zero-order valence-electron chi connectivity index (χ0n) is 18.3. The van der Waals surface area contributed by atoms with Crippen molar-refractivity contribution in [3.05, 3.63) is 78.9 Å². The minimum Gasteiger partial charge on any atom is -0.399 e. The first-order valence-corrected chi connectivity index (χ1v) is 10.6. The predicted octanol–water partition coefficient (Wildman–Crippen LogP) is 5.26. The highest BCUT2D eigenvalue weighted by atomic mass is 16.7. The molecule has 4 nitrogen and oxygen atoms in total. The molecule has 154 valence electrons. The van der Waals surface area contributed by atoms with Crippen LogP contribution in [0.3, 0.4) is 0 Å². The first-order valence-electron chi connectivity index (χ1n) is 10.6. The van der Waals surface area contributed by atoms with E-state index in [-0.39, 0.29) is 0 Å². The number of para-hydroxylation sites is 1. The van der Waals surface area contributed by atoms with Crippen LogP contribution in [0.25, 0.3) is 33.5 Å². The molecule has 1 saturated heterocycles. The van der Waals surface area contributed by atoms with Crippen molar-refractivity contribution >= 4 is 23.6 Å². The second-order valence-electron chi connectivity index (χ2n) is 8.96. The molecule has 0 amide bonds. The summed E-state index contributed by atoms with van der Waals surface area (Å²) in [6.45, 7) is 8.25. The summed E-state index contributed by atoms with van der Waals surface area (Å²) in [5, 5.41) is 0. The van der Waals surface area contributed by atoms with Crippen molar-refractivity contribution in [2.75, 3.05) is 0 Å². The van der Waals surface area contributed by atoms with Gasteiger partial charge in [-0.05, 0) is 33.8 Å². The van der Waals surface area contributed by atoms with E-state index in [9.17, 15) is 0 Å². The first-order chi connectivity index (χ1) is 14.9. The van der Waals surface area contributed by atoms with Gasteiger partial charge in [0.25, 0.3) is 0 Å². The molecular weight excluding hydrogens is 383 g/mol. The average Bonchev–Trinajstić information content (AvgIpc) is 3.00. The normalized spacial score (nSPS) is 17.2. The van der Waals surface area contributed by atoms with Crippen LogP contribution in [0.4, 0.5) is 0 Å². The highest BCUT2D eigenvalue weighted by Gasteiger charge is 2.52. The first kappa shape index (κ1) is 19.9. The molecule has 1 fully saturated rings. The third-order valence-electron chi connectivity index (χ3n) is 6.33.